The zero-order chi connectivity index (χ0) is 20.4. The molecule has 3 N–H and O–H groups in total. The van der Waals surface area contributed by atoms with E-state index in [-0.39, 0.29) is 36.0 Å². The fourth-order valence-electron chi connectivity index (χ4n) is 3.19. The van der Waals surface area contributed by atoms with Gasteiger partial charge < -0.3 is 25.0 Å². The van der Waals surface area contributed by atoms with Crippen LogP contribution >= 0.6 is 11.6 Å². The van der Waals surface area contributed by atoms with E-state index in [1.54, 1.807) is 12.1 Å². The highest BCUT2D eigenvalue weighted by molar-refractivity contribution is 6.46. The number of hydrogen-bond donors (Lipinski definition) is 3. The van der Waals surface area contributed by atoms with E-state index in [0.717, 1.165) is 0 Å². The van der Waals surface area contributed by atoms with E-state index < -0.39 is 17.7 Å². The van der Waals surface area contributed by atoms with Crippen LogP contribution in [0.15, 0.2) is 48.0 Å². The van der Waals surface area contributed by atoms with Crippen LogP contribution in [0.5, 0.6) is 11.5 Å². The molecule has 1 fully saturated rings. The van der Waals surface area contributed by atoms with Gasteiger partial charge in [0.05, 0.1) is 25.3 Å². The maximum Gasteiger partial charge on any atom is 0.295 e. The Kier molecular flexibility index (Phi) is 5.58. The fourth-order valence-corrected chi connectivity index (χ4v) is 3.32. The highest BCUT2D eigenvalue weighted by atomic mass is 35.5. The summed E-state index contributed by atoms with van der Waals surface area (Å²) >= 11 is 5.87. The Morgan fingerprint density at radius 3 is 2.46 bits per heavy atom. The van der Waals surface area contributed by atoms with Crippen molar-refractivity contribution >= 4 is 29.1 Å². The molecule has 8 heteroatoms. The third-order valence-electron chi connectivity index (χ3n) is 4.52. The van der Waals surface area contributed by atoms with E-state index in [9.17, 15) is 24.9 Å². The normalized spacial score (nSPS) is 18.5. The minimum atomic E-state index is -0.947. The van der Waals surface area contributed by atoms with Crippen LogP contribution in [0.2, 0.25) is 5.02 Å². The number of aromatic hydroxyl groups is 1. The number of ketones is 1. The average molecular weight is 404 g/mol. The molecule has 1 amide bonds. The van der Waals surface area contributed by atoms with Gasteiger partial charge in [-0.2, -0.15) is 0 Å². The number of β-amino-alcohol motifs (C(OH)–C–C–N with tert-alkyl or cyclic N) is 1. The van der Waals surface area contributed by atoms with Gasteiger partial charge in [-0.05, 0) is 42.0 Å². The van der Waals surface area contributed by atoms with Gasteiger partial charge in [0, 0.05) is 17.1 Å². The molecule has 7 nitrogen and oxygen atoms in total. The van der Waals surface area contributed by atoms with E-state index in [4.69, 9.17) is 16.3 Å². The number of nitrogens with zero attached hydrogens (tertiary/aromatic N) is 1. The summed E-state index contributed by atoms with van der Waals surface area (Å²) in [7, 11) is 1.37. The number of ether oxygens (including phenoxy) is 1. The Balaban J connectivity index is 2.20. The average Bonchev–Trinajstić information content (AvgIpc) is 2.94. The molecule has 1 aliphatic heterocycles. The molecule has 1 unspecified atom stereocenters. The molecular weight excluding hydrogens is 386 g/mol. The van der Waals surface area contributed by atoms with E-state index >= 15 is 0 Å². The smallest absolute Gasteiger partial charge is 0.295 e. The van der Waals surface area contributed by atoms with Gasteiger partial charge in [-0.15, -0.1) is 0 Å². The fraction of sp³-hybridized carbons (Fsp3) is 0.200. The Hall–Kier alpha value is -3.03. The minimum absolute atomic E-state index is 0.101. The number of carbonyl (C=O) groups excluding carboxylic acids is 2. The molecular formula is C20H18ClNO6. The van der Waals surface area contributed by atoms with Gasteiger partial charge in [0.1, 0.15) is 5.76 Å². The zero-order valence-corrected chi connectivity index (χ0v) is 15.7. The number of Topliss-reactive ketones (excluding diaryl/α,β-unsaturated/α-hetero) is 1. The molecule has 1 aliphatic rings. The number of benzene rings is 2. The van der Waals surface area contributed by atoms with Crippen LogP contribution in [0.25, 0.3) is 5.76 Å². The van der Waals surface area contributed by atoms with Gasteiger partial charge in [-0.1, -0.05) is 17.7 Å². The van der Waals surface area contributed by atoms with Crippen molar-refractivity contribution in [3.05, 3.63) is 64.2 Å². The SMILES string of the molecule is COc1cc(C2C(=C(O)c3ccc(Cl)cc3)C(=O)C(=O)N2CCO)ccc1O. The van der Waals surface area contributed by atoms with Crippen LogP contribution in [0.3, 0.4) is 0 Å². The van der Waals surface area contributed by atoms with Gasteiger partial charge >= 0.3 is 0 Å². The first-order valence-electron chi connectivity index (χ1n) is 8.41. The van der Waals surface area contributed by atoms with E-state index in [0.29, 0.717) is 16.1 Å². The summed E-state index contributed by atoms with van der Waals surface area (Å²) in [5.41, 5.74) is 0.647. The monoisotopic (exact) mass is 403 g/mol. The molecule has 1 atom stereocenters. The molecule has 0 saturated carbocycles. The number of phenols is 1. The summed E-state index contributed by atoms with van der Waals surface area (Å²) in [5, 5.41) is 30.4. The molecule has 3 rings (SSSR count). The third kappa shape index (κ3) is 3.42. The first-order valence-corrected chi connectivity index (χ1v) is 8.79. The second-order valence-corrected chi connectivity index (χ2v) is 6.59. The lowest BCUT2D eigenvalue weighted by Crippen LogP contribution is -2.32. The molecule has 1 heterocycles. The molecule has 0 spiro atoms. The number of likely N-dealkylation sites (tertiary alicyclic amines) is 1. The molecule has 2 aromatic rings. The van der Waals surface area contributed by atoms with E-state index in [1.807, 2.05) is 0 Å². The number of halogens is 1. The quantitative estimate of drug-likeness (QED) is 0.402. The third-order valence-corrected chi connectivity index (χ3v) is 4.77. The molecule has 0 bridgehead atoms. The Morgan fingerprint density at radius 2 is 1.86 bits per heavy atom. The lowest BCUT2D eigenvalue weighted by Gasteiger charge is -2.25. The molecule has 0 radical (unpaired) electrons. The van der Waals surface area contributed by atoms with Gasteiger partial charge in [0.15, 0.2) is 11.5 Å². The van der Waals surface area contributed by atoms with Crippen LogP contribution in [0.1, 0.15) is 17.2 Å². The Bertz CT molecular complexity index is 954. The summed E-state index contributed by atoms with van der Waals surface area (Å²) < 4.78 is 5.11. The summed E-state index contributed by atoms with van der Waals surface area (Å²) in [4.78, 5) is 26.4. The summed E-state index contributed by atoms with van der Waals surface area (Å²) in [6.07, 6.45) is 0. The van der Waals surface area contributed by atoms with Crippen LogP contribution in [-0.4, -0.2) is 52.2 Å². The maximum atomic E-state index is 12.7. The largest absolute Gasteiger partial charge is 0.507 e. The highest BCUT2D eigenvalue weighted by Crippen LogP contribution is 2.41. The first kappa shape index (κ1) is 19.7. The Morgan fingerprint density at radius 1 is 1.18 bits per heavy atom. The van der Waals surface area contributed by atoms with Gasteiger partial charge in [0.25, 0.3) is 11.7 Å². The summed E-state index contributed by atoms with van der Waals surface area (Å²) in [6.45, 7) is -0.463. The number of methoxy groups -OCH3 is 1. The van der Waals surface area contributed by atoms with Crippen molar-refractivity contribution in [1.82, 2.24) is 4.90 Å². The predicted octanol–water partition coefficient (Wildman–Crippen LogP) is 2.47. The standard InChI is InChI=1S/C20H18ClNO6/c1-28-15-10-12(4-7-14(15)24)17-16(19(26)20(27)22(17)8-9-23)18(25)11-2-5-13(21)6-3-11/h2-7,10,17,23-25H,8-9H2,1H3. The van der Waals surface area contributed by atoms with Crippen molar-refractivity contribution < 1.29 is 29.6 Å². The molecule has 28 heavy (non-hydrogen) atoms. The number of aliphatic hydroxyl groups is 2. The molecule has 146 valence electrons. The highest BCUT2D eigenvalue weighted by Gasteiger charge is 2.46. The zero-order valence-electron chi connectivity index (χ0n) is 14.9. The lowest BCUT2D eigenvalue weighted by molar-refractivity contribution is -0.140. The van der Waals surface area contributed by atoms with Crippen molar-refractivity contribution in [3.8, 4) is 11.5 Å². The van der Waals surface area contributed by atoms with Crippen LogP contribution < -0.4 is 4.74 Å². The molecule has 2 aromatic carbocycles. The number of carbonyl (C=O) groups is 2. The number of phenolic OH excluding ortho intramolecular Hbond substituents is 1. The second kappa shape index (κ2) is 7.92. The molecule has 0 aliphatic carbocycles. The number of rotatable bonds is 5. The van der Waals surface area contributed by atoms with Crippen LogP contribution in [0.4, 0.5) is 0 Å². The number of amides is 1. The van der Waals surface area contributed by atoms with Crippen molar-refractivity contribution in [3.63, 3.8) is 0 Å². The Labute approximate surface area is 166 Å². The predicted molar refractivity (Wildman–Crippen MR) is 102 cm³/mol. The molecule has 1 saturated heterocycles. The second-order valence-electron chi connectivity index (χ2n) is 6.15. The first-order chi connectivity index (χ1) is 13.4. The topological polar surface area (TPSA) is 107 Å². The van der Waals surface area contributed by atoms with Crippen molar-refractivity contribution in [2.75, 3.05) is 20.3 Å². The maximum absolute atomic E-state index is 12.7. The van der Waals surface area contributed by atoms with Crippen LogP contribution in [0, 0.1) is 0 Å². The van der Waals surface area contributed by atoms with Gasteiger partial charge in [-0.3, -0.25) is 9.59 Å². The van der Waals surface area contributed by atoms with Crippen molar-refractivity contribution in [1.29, 1.82) is 0 Å². The number of aliphatic hydroxyl groups excluding tert-OH is 2. The van der Waals surface area contributed by atoms with E-state index in [1.165, 1.54) is 42.3 Å². The van der Waals surface area contributed by atoms with Crippen LogP contribution in [-0.2, 0) is 9.59 Å². The number of hydrogen-bond acceptors (Lipinski definition) is 6. The van der Waals surface area contributed by atoms with Crippen molar-refractivity contribution in [2.45, 2.75) is 6.04 Å². The summed E-state index contributed by atoms with van der Waals surface area (Å²) in [5.74, 6) is -2.01. The lowest BCUT2D eigenvalue weighted by atomic mass is 9.95. The minimum Gasteiger partial charge on any atom is -0.507 e. The molecule has 0 aromatic heterocycles. The van der Waals surface area contributed by atoms with Gasteiger partial charge in [0.2, 0.25) is 0 Å². The van der Waals surface area contributed by atoms with Gasteiger partial charge in [-0.25, -0.2) is 0 Å². The summed E-state index contributed by atoms with van der Waals surface area (Å²) in [6, 6.07) is 9.60. The van der Waals surface area contributed by atoms with Crippen molar-refractivity contribution in [2.24, 2.45) is 0 Å². The van der Waals surface area contributed by atoms with E-state index in [2.05, 4.69) is 0 Å².